The average Bonchev–Trinajstić information content (AvgIpc) is 2.22. The summed E-state index contributed by atoms with van der Waals surface area (Å²) >= 11 is 0. The number of hydrogen-bond donors (Lipinski definition) is 5. The zero-order valence-electron chi connectivity index (χ0n) is 7.87. The molecule has 1 rings (SSSR count). The quantitative estimate of drug-likeness (QED) is 0.423. The predicted octanol–water partition coefficient (Wildman–Crippen LogP) is -0.512. The highest BCUT2D eigenvalue weighted by molar-refractivity contribution is 5.73. The van der Waals surface area contributed by atoms with Crippen molar-refractivity contribution in [1.82, 2.24) is 0 Å². The number of aliphatic carboxylic acids is 1. The van der Waals surface area contributed by atoms with Gasteiger partial charge >= 0.3 is 5.97 Å². The monoisotopic (exact) mass is 215 g/mol. The van der Waals surface area contributed by atoms with Crippen molar-refractivity contribution in [3.05, 3.63) is 24.3 Å². The number of rotatable bonds is 2. The zero-order valence-corrected chi connectivity index (χ0v) is 7.87. The largest absolute Gasteiger partial charge is 0.504 e. The zero-order chi connectivity index (χ0) is 11.8. The molecule has 1 atom stereocenters. The van der Waals surface area contributed by atoms with Gasteiger partial charge in [0.2, 0.25) is 0 Å². The normalized spacial score (nSPS) is 11.1. The molecule has 0 heterocycles. The Kier molecular flexibility index (Phi) is 5.84. The lowest BCUT2D eigenvalue weighted by Crippen LogP contribution is -2.33. The van der Waals surface area contributed by atoms with E-state index < -0.39 is 18.6 Å². The summed E-state index contributed by atoms with van der Waals surface area (Å²) < 4.78 is 0. The van der Waals surface area contributed by atoms with E-state index in [0.717, 1.165) is 0 Å². The van der Waals surface area contributed by atoms with Gasteiger partial charge in [-0.1, -0.05) is 12.1 Å². The Morgan fingerprint density at radius 3 is 1.80 bits per heavy atom. The fourth-order valence-corrected chi connectivity index (χ4v) is 0.542. The molecule has 0 radical (unpaired) electrons. The summed E-state index contributed by atoms with van der Waals surface area (Å²) in [5.74, 6) is -1.33. The van der Waals surface area contributed by atoms with Crippen molar-refractivity contribution in [2.24, 2.45) is 5.73 Å². The standard InChI is InChI=1S/C6H6O2.C3H7NO3/c7-5-3-1-2-4-6(5)8;4-2(1-5)3(6)7/h1-4,7-8H;2,5H,1,4H2,(H,6,7)/t;2-/m.0/s1. The summed E-state index contributed by atoms with van der Waals surface area (Å²) in [7, 11) is 0. The van der Waals surface area contributed by atoms with Crippen molar-refractivity contribution in [3.63, 3.8) is 0 Å². The number of carboxylic acids is 1. The number of aliphatic hydroxyl groups excluding tert-OH is 1. The molecule has 0 saturated heterocycles. The predicted molar refractivity (Wildman–Crippen MR) is 52.5 cm³/mol. The fraction of sp³-hybridized carbons (Fsp3) is 0.222. The maximum Gasteiger partial charge on any atom is 0.322 e. The highest BCUT2D eigenvalue weighted by atomic mass is 16.4. The molecule has 0 aliphatic rings. The van der Waals surface area contributed by atoms with Gasteiger partial charge in [-0.25, -0.2) is 0 Å². The second-order valence-corrected chi connectivity index (χ2v) is 2.62. The number of para-hydroxylation sites is 2. The first kappa shape index (κ1) is 13.2. The first-order valence-electron chi connectivity index (χ1n) is 4.05. The van der Waals surface area contributed by atoms with Gasteiger partial charge in [-0.3, -0.25) is 4.79 Å². The van der Waals surface area contributed by atoms with Gasteiger partial charge in [0.15, 0.2) is 11.5 Å². The molecule has 0 amide bonds. The van der Waals surface area contributed by atoms with Gasteiger partial charge in [-0.15, -0.1) is 0 Å². The number of phenolic OH excluding ortho intramolecular Hbond substituents is 2. The number of hydrogen-bond acceptors (Lipinski definition) is 5. The van der Waals surface area contributed by atoms with E-state index in [1.807, 2.05) is 0 Å². The van der Waals surface area contributed by atoms with E-state index >= 15 is 0 Å². The number of nitrogens with two attached hydrogens (primary N) is 1. The smallest absolute Gasteiger partial charge is 0.322 e. The highest BCUT2D eigenvalue weighted by Gasteiger charge is 2.06. The van der Waals surface area contributed by atoms with Crippen LogP contribution in [-0.2, 0) is 4.79 Å². The van der Waals surface area contributed by atoms with E-state index in [9.17, 15) is 4.79 Å². The third-order valence-corrected chi connectivity index (χ3v) is 1.40. The van der Waals surface area contributed by atoms with Crippen molar-refractivity contribution < 1.29 is 25.2 Å². The van der Waals surface area contributed by atoms with Gasteiger partial charge in [0.25, 0.3) is 0 Å². The van der Waals surface area contributed by atoms with Crippen LogP contribution in [0.15, 0.2) is 24.3 Å². The van der Waals surface area contributed by atoms with Gasteiger partial charge in [0.05, 0.1) is 6.61 Å². The van der Waals surface area contributed by atoms with Gasteiger partial charge < -0.3 is 26.2 Å². The summed E-state index contributed by atoms with van der Waals surface area (Å²) in [4.78, 5) is 9.65. The van der Waals surface area contributed by atoms with Crippen molar-refractivity contribution in [2.45, 2.75) is 6.04 Å². The third kappa shape index (κ3) is 5.50. The van der Waals surface area contributed by atoms with Crippen LogP contribution >= 0.6 is 0 Å². The van der Waals surface area contributed by atoms with Crippen LogP contribution in [-0.4, -0.2) is 39.0 Å². The fourth-order valence-electron chi connectivity index (χ4n) is 0.542. The molecular weight excluding hydrogens is 202 g/mol. The van der Waals surface area contributed by atoms with Crippen LogP contribution in [0.4, 0.5) is 0 Å². The first-order chi connectivity index (χ1) is 6.99. The van der Waals surface area contributed by atoms with E-state index in [-0.39, 0.29) is 11.5 Å². The van der Waals surface area contributed by atoms with Crippen LogP contribution in [0.1, 0.15) is 0 Å². The van der Waals surface area contributed by atoms with Crippen LogP contribution in [0.2, 0.25) is 0 Å². The van der Waals surface area contributed by atoms with Crippen LogP contribution in [0, 0.1) is 0 Å². The summed E-state index contributed by atoms with van der Waals surface area (Å²) in [5.41, 5.74) is 4.77. The topological polar surface area (TPSA) is 124 Å². The average molecular weight is 215 g/mol. The lowest BCUT2D eigenvalue weighted by molar-refractivity contribution is -0.139. The molecule has 0 aliphatic heterocycles. The van der Waals surface area contributed by atoms with Crippen molar-refractivity contribution in [1.29, 1.82) is 0 Å². The Balaban J connectivity index is 0.000000265. The molecular formula is C9H13NO5. The second-order valence-electron chi connectivity index (χ2n) is 2.62. The van der Waals surface area contributed by atoms with E-state index in [1.165, 1.54) is 12.1 Å². The first-order valence-corrected chi connectivity index (χ1v) is 4.05. The van der Waals surface area contributed by atoms with Gasteiger partial charge in [0, 0.05) is 0 Å². The molecule has 1 aromatic rings. The van der Waals surface area contributed by atoms with Gasteiger partial charge in [-0.2, -0.15) is 0 Å². The lowest BCUT2D eigenvalue weighted by atomic mass is 10.3. The molecule has 1 aromatic carbocycles. The van der Waals surface area contributed by atoms with E-state index in [2.05, 4.69) is 0 Å². The van der Waals surface area contributed by atoms with Crippen molar-refractivity contribution in [3.8, 4) is 11.5 Å². The molecule has 6 nitrogen and oxygen atoms in total. The molecule has 0 spiro atoms. The molecule has 0 aromatic heterocycles. The molecule has 0 unspecified atom stereocenters. The molecule has 0 saturated carbocycles. The SMILES string of the molecule is N[C@@H](CO)C(=O)O.Oc1ccccc1O. The number of benzene rings is 1. The number of carbonyl (C=O) groups is 1. The van der Waals surface area contributed by atoms with Crippen molar-refractivity contribution in [2.75, 3.05) is 6.61 Å². The molecule has 0 bridgehead atoms. The maximum atomic E-state index is 9.65. The van der Waals surface area contributed by atoms with Crippen LogP contribution < -0.4 is 5.73 Å². The number of aliphatic hydroxyl groups is 1. The van der Waals surface area contributed by atoms with Crippen LogP contribution in [0.5, 0.6) is 11.5 Å². The minimum Gasteiger partial charge on any atom is -0.504 e. The maximum absolute atomic E-state index is 9.65. The lowest BCUT2D eigenvalue weighted by Gasteiger charge is -1.96. The summed E-state index contributed by atoms with van der Waals surface area (Å²) in [6.07, 6.45) is 0. The van der Waals surface area contributed by atoms with Gasteiger partial charge in [-0.05, 0) is 12.1 Å². The highest BCUT2D eigenvalue weighted by Crippen LogP contribution is 2.21. The van der Waals surface area contributed by atoms with E-state index in [0.29, 0.717) is 0 Å². The Labute approximate surface area is 86.2 Å². The molecule has 0 aliphatic carbocycles. The van der Waals surface area contributed by atoms with E-state index in [4.69, 9.17) is 26.2 Å². The Hall–Kier alpha value is -1.79. The number of carboxylic acid groups (broad SMARTS) is 1. The summed E-state index contributed by atoms with van der Waals surface area (Å²) in [5, 5.41) is 33.2. The molecule has 6 N–H and O–H groups in total. The van der Waals surface area contributed by atoms with Crippen LogP contribution in [0.25, 0.3) is 0 Å². The third-order valence-electron chi connectivity index (χ3n) is 1.40. The minimum atomic E-state index is -1.18. The molecule has 0 fully saturated rings. The van der Waals surface area contributed by atoms with Crippen LogP contribution in [0.3, 0.4) is 0 Å². The molecule has 84 valence electrons. The molecule has 6 heteroatoms. The van der Waals surface area contributed by atoms with Gasteiger partial charge in [0.1, 0.15) is 6.04 Å². The Morgan fingerprint density at radius 1 is 1.27 bits per heavy atom. The number of aromatic hydroxyl groups is 2. The summed E-state index contributed by atoms with van der Waals surface area (Å²) in [6, 6.07) is 5.02. The van der Waals surface area contributed by atoms with Crippen molar-refractivity contribution >= 4 is 5.97 Å². The summed E-state index contributed by atoms with van der Waals surface area (Å²) in [6.45, 7) is -0.505. The Morgan fingerprint density at radius 2 is 1.67 bits per heavy atom. The minimum absolute atomic E-state index is 0.0764. The van der Waals surface area contributed by atoms with E-state index in [1.54, 1.807) is 12.1 Å². The molecule has 15 heavy (non-hydrogen) atoms. The second kappa shape index (κ2) is 6.63. The Bertz CT molecular complexity index is 294. The number of phenols is 2.